The molecule has 4 heterocycles. The summed E-state index contributed by atoms with van der Waals surface area (Å²) in [7, 11) is 0.356. The zero-order valence-corrected chi connectivity index (χ0v) is 69.0. The lowest BCUT2D eigenvalue weighted by atomic mass is 9.80. The van der Waals surface area contributed by atoms with E-state index in [0.717, 1.165) is 44.5 Å². The molecule has 4 unspecified atom stereocenters. The van der Waals surface area contributed by atoms with Crippen LogP contribution in [0, 0.1) is 29.6 Å². The van der Waals surface area contributed by atoms with Gasteiger partial charge in [0.25, 0.3) is 20.0 Å². The van der Waals surface area contributed by atoms with E-state index in [1.165, 1.54) is 32.5 Å². The highest BCUT2D eigenvalue weighted by Crippen LogP contribution is 2.53. The number of Topliss-reactive ketones (excluding diaryl/α,β-unsaturated/α-hetero) is 1. The second-order valence-corrected chi connectivity index (χ2v) is 31.6. The molecule has 9 aromatic rings. The third-order valence-electron chi connectivity index (χ3n) is 20.4. The molecule has 622 valence electrons. The van der Waals surface area contributed by atoms with E-state index in [2.05, 4.69) is 44.2 Å². The van der Waals surface area contributed by atoms with Gasteiger partial charge in [-0.15, -0.1) is 0 Å². The average Bonchev–Trinajstić information content (AvgIpc) is 1.51. The van der Waals surface area contributed by atoms with Crippen molar-refractivity contribution in [2.24, 2.45) is 0 Å². The predicted molar refractivity (Wildman–Crippen MR) is 441 cm³/mol. The number of nitrogens with zero attached hydrogens (tertiary/aromatic N) is 7. The number of hydrogen-bond acceptors (Lipinski definition) is 24. The van der Waals surface area contributed by atoms with Gasteiger partial charge in [-0.25, -0.2) is 23.8 Å². The van der Waals surface area contributed by atoms with Gasteiger partial charge in [-0.3, -0.25) is 28.5 Å². The van der Waals surface area contributed by atoms with Gasteiger partial charge in [-0.05, 0) is 146 Å². The Kier molecular flexibility index (Phi) is 30.4. The molecule has 31 heteroatoms. The maximum absolute atomic E-state index is 14.3. The van der Waals surface area contributed by atoms with Crippen LogP contribution in [0.2, 0.25) is 0 Å². The van der Waals surface area contributed by atoms with Crippen LogP contribution in [0.15, 0.2) is 209 Å². The van der Waals surface area contributed by atoms with Crippen LogP contribution < -0.4 is 36.5 Å². The van der Waals surface area contributed by atoms with Crippen molar-refractivity contribution in [1.82, 2.24) is 28.7 Å². The lowest BCUT2D eigenvalue weighted by molar-refractivity contribution is -0.118. The number of aromatic amines is 1. The van der Waals surface area contributed by atoms with E-state index in [1.54, 1.807) is 76.7 Å². The van der Waals surface area contributed by atoms with Gasteiger partial charge in [0, 0.05) is 74.3 Å². The molecule has 12 rings (SSSR count). The van der Waals surface area contributed by atoms with Crippen LogP contribution in [0.3, 0.4) is 0 Å². The minimum absolute atomic E-state index is 0.00981. The first kappa shape index (κ1) is 87.2. The summed E-state index contributed by atoms with van der Waals surface area (Å²) in [6, 6.07) is 59.4. The van der Waals surface area contributed by atoms with Gasteiger partial charge in [0.05, 0.1) is 84.4 Å². The lowest BCUT2D eigenvalue weighted by Gasteiger charge is -2.37. The first-order valence-electron chi connectivity index (χ1n) is 39.1. The number of benzene rings is 7. The fourth-order valence-corrected chi connectivity index (χ4v) is 17.3. The van der Waals surface area contributed by atoms with E-state index in [4.69, 9.17) is 60.5 Å². The molecule has 2 amide bonds. The summed E-state index contributed by atoms with van der Waals surface area (Å²) < 4.78 is 86.1. The molecule has 0 spiro atoms. The monoisotopic (exact) mass is 1660 g/mol. The Bertz CT molecular complexity index is 5120. The van der Waals surface area contributed by atoms with Crippen LogP contribution in [-0.2, 0) is 69.5 Å². The highest BCUT2D eigenvalue weighted by Gasteiger charge is 2.47. The summed E-state index contributed by atoms with van der Waals surface area (Å²) in [6.07, 6.45) is -3.72. The Morgan fingerprint density at radius 2 is 1.20 bits per heavy atom. The van der Waals surface area contributed by atoms with Crippen LogP contribution in [0.5, 0.6) is 17.2 Å². The second kappa shape index (κ2) is 41.5. The molecule has 3 aliphatic rings. The quantitative estimate of drug-likeness (QED) is 0.0119. The van der Waals surface area contributed by atoms with Crippen molar-refractivity contribution in [2.45, 2.75) is 140 Å². The van der Waals surface area contributed by atoms with Gasteiger partial charge in [-0.2, -0.15) is 15.5 Å². The molecule has 29 nitrogen and oxygen atoms in total. The Morgan fingerprint density at radius 1 is 0.639 bits per heavy atom. The standard InChI is InChI=1S/C88H95N9O20P2/c1-57(2)97(58(3)4)118(110-47-16-43-89)116-75-51-80(115-78(75)56-112-119(111-48-17-44-90)117-76-52-81(96-53-59(5)82(99)93-85(96)102)114-77(76)55-109-88(63-18-10-9-11-19-63,64-31-38-67(105-7)39-32-64)65-33-40-68(106-8)41-34-65)95-45-42-79(92-84(95)101)91-83(100)62-29-24-60(25-30-62)26-35-66(98)50-61-27-36-69(37-28-61)113-87(104)107-49-46-94(6)86(103)108-54-74-72-22-14-12-20-70(72)71-21-13-15-23-73(71)74/h9-15,18-25,27-34,36-42,45,53,57-58,74-78,80-81H,16-17,26,35,46-52,54-56H2,1-8H3,(H,93,99,102)(H,91,92,100,101)/t75?,76?,77-,78-,80-,81-,118?,119?/m1/s1. The Morgan fingerprint density at radius 3 is 1.81 bits per heavy atom. The molecule has 7 aromatic carbocycles. The summed E-state index contributed by atoms with van der Waals surface area (Å²) in [5.41, 5.74) is 5.27. The third kappa shape index (κ3) is 22.0. The topological polar surface area (TPSA) is 344 Å². The van der Waals surface area contributed by atoms with Crippen LogP contribution in [0.1, 0.15) is 133 Å². The molecular weight excluding hydrogens is 1560 g/mol. The number of aryl methyl sites for hydroxylation is 2. The van der Waals surface area contributed by atoms with Crippen molar-refractivity contribution >= 4 is 46.9 Å². The second-order valence-electron chi connectivity index (χ2n) is 29.1. The number of rotatable bonds is 39. The Balaban J connectivity index is 0.681. The molecule has 2 aromatic heterocycles. The lowest BCUT2D eigenvalue weighted by Crippen LogP contribution is -2.38. The summed E-state index contributed by atoms with van der Waals surface area (Å²) >= 11 is 0. The van der Waals surface area contributed by atoms with Gasteiger partial charge in [0.2, 0.25) is 0 Å². The van der Waals surface area contributed by atoms with Gasteiger partial charge < -0.3 is 70.7 Å². The van der Waals surface area contributed by atoms with E-state index in [9.17, 15) is 44.1 Å². The van der Waals surface area contributed by atoms with E-state index >= 15 is 0 Å². The average molecular weight is 1660 g/mol. The van der Waals surface area contributed by atoms with Crippen LogP contribution >= 0.6 is 17.1 Å². The number of methoxy groups -OCH3 is 2. The van der Waals surface area contributed by atoms with E-state index in [1.807, 2.05) is 143 Å². The van der Waals surface area contributed by atoms with E-state index in [-0.39, 0.29) is 131 Å². The molecule has 2 aliphatic heterocycles. The number of ether oxygens (including phenoxy) is 8. The number of anilines is 1. The number of nitriles is 2. The molecule has 2 fully saturated rings. The van der Waals surface area contributed by atoms with E-state index < -0.39 is 94.7 Å². The number of carbonyl (C=O) groups is 4. The number of amides is 2. The number of ketones is 1. The molecule has 0 bridgehead atoms. The maximum atomic E-state index is 14.3. The highest BCUT2D eigenvalue weighted by atomic mass is 31.2. The number of aromatic nitrogens is 4. The molecule has 1 aliphatic carbocycles. The molecule has 119 heavy (non-hydrogen) atoms. The van der Waals surface area contributed by atoms with Gasteiger partial charge in [0.1, 0.15) is 72.3 Å². The number of hydrogen-bond donors (Lipinski definition) is 2. The zero-order chi connectivity index (χ0) is 84.1. The molecule has 2 N–H and O–H groups in total. The van der Waals surface area contributed by atoms with Crippen LogP contribution in [0.4, 0.5) is 15.4 Å². The minimum Gasteiger partial charge on any atom is -0.497 e. The van der Waals surface area contributed by atoms with Crippen LogP contribution in [0.25, 0.3) is 11.1 Å². The molecule has 2 saturated heterocycles. The Hall–Kier alpha value is -11.1. The predicted octanol–water partition coefficient (Wildman–Crippen LogP) is 14.3. The number of likely N-dealkylation sites (N-methyl/N-ethyl adjacent to an activating group) is 1. The fourth-order valence-electron chi connectivity index (χ4n) is 14.4. The van der Waals surface area contributed by atoms with Crippen molar-refractivity contribution in [1.29, 1.82) is 10.5 Å². The zero-order valence-electron chi connectivity index (χ0n) is 67.3. The summed E-state index contributed by atoms with van der Waals surface area (Å²) in [4.78, 5) is 101. The van der Waals surface area contributed by atoms with Crippen molar-refractivity contribution in [3.8, 4) is 40.5 Å². The maximum Gasteiger partial charge on any atom is 0.513 e. The number of carbonyl (C=O) groups excluding carboxylic acids is 4. The van der Waals surface area contributed by atoms with Gasteiger partial charge >= 0.3 is 32.2 Å². The first-order chi connectivity index (χ1) is 57.6. The first-order valence-corrected chi connectivity index (χ1v) is 41.3. The van der Waals surface area contributed by atoms with Crippen molar-refractivity contribution < 1.29 is 79.7 Å². The van der Waals surface area contributed by atoms with Crippen molar-refractivity contribution in [2.75, 3.05) is 72.8 Å². The largest absolute Gasteiger partial charge is 0.513 e. The number of H-pyrrole nitrogens is 1. The fraction of sp³-hybridized carbons (Fsp3) is 0.364. The van der Waals surface area contributed by atoms with E-state index in [0.29, 0.717) is 23.5 Å². The normalized spacial score (nSPS) is 17.4. The van der Waals surface area contributed by atoms with Crippen molar-refractivity contribution in [3.63, 3.8) is 0 Å². The SMILES string of the molecule is COc1ccc(C(OC[C@H]2O[C@@H](n3cc(C)c(=O)[nH]c3=O)CC2OP(OCCC#N)OC[C@H]2O[C@@H](n3ccc(NC(=O)c4ccc(CCC(=O)Cc5ccc(OC(=O)OCCN(C)C(=O)OCC6c7ccccc7-c7ccccc76)cc5)cc4)nc3=O)CC2OP(OCCC#N)N(C(C)C)C(C)C)(c2ccccc2)c2ccc(OC)cc2)cc1. The smallest absolute Gasteiger partial charge is 0.497 e. The van der Waals surface area contributed by atoms with Gasteiger partial charge in [0.15, 0.2) is 0 Å². The molecular formula is C88H95N9O20P2. The number of fused-ring (bicyclic) bond motifs is 3. The summed E-state index contributed by atoms with van der Waals surface area (Å²) in [6.45, 7) is 9.09. The molecule has 0 radical (unpaired) electrons. The van der Waals surface area contributed by atoms with Crippen LogP contribution in [-0.4, -0.2) is 157 Å². The molecule has 8 atom stereocenters. The third-order valence-corrected chi connectivity index (χ3v) is 23.8. The highest BCUT2D eigenvalue weighted by molar-refractivity contribution is 7.44. The summed E-state index contributed by atoms with van der Waals surface area (Å²) in [5, 5.41) is 22.1. The van der Waals surface area contributed by atoms with Gasteiger partial charge in [-0.1, -0.05) is 127 Å². The molecule has 0 saturated carbocycles. The number of nitrogens with one attached hydrogen (secondary N) is 2. The Labute approximate surface area is 691 Å². The minimum atomic E-state index is -2.46. The van der Waals surface area contributed by atoms with Crippen molar-refractivity contribution in [3.05, 3.63) is 276 Å². The summed E-state index contributed by atoms with van der Waals surface area (Å²) in [5.74, 6) is 0.686.